The summed E-state index contributed by atoms with van der Waals surface area (Å²) in [5, 5.41) is 5.33. The summed E-state index contributed by atoms with van der Waals surface area (Å²) in [6.45, 7) is 2.05. The quantitative estimate of drug-likeness (QED) is 0.868. The first-order chi connectivity index (χ1) is 8.70. The lowest BCUT2D eigenvalue weighted by molar-refractivity contribution is 0.0936. The Kier molecular flexibility index (Phi) is 4.33. The van der Waals surface area contributed by atoms with Crippen LogP contribution in [0.15, 0.2) is 35.8 Å². The Morgan fingerprint density at radius 3 is 3.00 bits per heavy atom. The van der Waals surface area contributed by atoms with E-state index in [4.69, 9.17) is 11.6 Å². The van der Waals surface area contributed by atoms with E-state index in [0.29, 0.717) is 10.7 Å². The standard InChI is InChI=1S/C13H13ClN2OS/c1-2-10(11-4-3-7-18-11)16-13(17)9-5-6-15-12(14)8-9/h3-8,10H,2H2,1H3,(H,16,17). The predicted molar refractivity (Wildman–Crippen MR) is 74.1 cm³/mol. The van der Waals surface area contributed by atoms with Gasteiger partial charge in [-0.1, -0.05) is 24.6 Å². The number of pyridine rings is 1. The van der Waals surface area contributed by atoms with Crippen molar-refractivity contribution in [3.63, 3.8) is 0 Å². The van der Waals surface area contributed by atoms with Crippen molar-refractivity contribution in [1.82, 2.24) is 10.3 Å². The van der Waals surface area contributed by atoms with Crippen LogP contribution in [-0.4, -0.2) is 10.9 Å². The summed E-state index contributed by atoms with van der Waals surface area (Å²) in [7, 11) is 0. The molecule has 0 radical (unpaired) electrons. The molecular weight excluding hydrogens is 268 g/mol. The summed E-state index contributed by atoms with van der Waals surface area (Å²) < 4.78 is 0. The summed E-state index contributed by atoms with van der Waals surface area (Å²) in [5.74, 6) is -0.125. The van der Waals surface area contributed by atoms with Gasteiger partial charge in [-0.25, -0.2) is 4.98 Å². The Morgan fingerprint density at radius 1 is 1.56 bits per heavy atom. The van der Waals surface area contributed by atoms with Gasteiger partial charge in [0.25, 0.3) is 5.91 Å². The van der Waals surface area contributed by atoms with Crippen LogP contribution in [-0.2, 0) is 0 Å². The first-order valence-electron chi connectivity index (χ1n) is 5.66. The van der Waals surface area contributed by atoms with Gasteiger partial charge in [-0.15, -0.1) is 11.3 Å². The van der Waals surface area contributed by atoms with Gasteiger partial charge < -0.3 is 5.32 Å². The van der Waals surface area contributed by atoms with Crippen molar-refractivity contribution < 1.29 is 4.79 Å². The first kappa shape index (κ1) is 13.1. The minimum atomic E-state index is -0.125. The van der Waals surface area contributed by atoms with Crippen LogP contribution in [0.3, 0.4) is 0 Å². The molecule has 2 aromatic rings. The van der Waals surface area contributed by atoms with Crippen molar-refractivity contribution in [3.05, 3.63) is 51.4 Å². The molecule has 0 bridgehead atoms. The van der Waals surface area contributed by atoms with Gasteiger partial charge in [-0.2, -0.15) is 0 Å². The van der Waals surface area contributed by atoms with E-state index in [2.05, 4.69) is 10.3 Å². The molecule has 94 valence electrons. The van der Waals surface area contributed by atoms with Crippen LogP contribution in [0.2, 0.25) is 5.15 Å². The predicted octanol–water partition coefficient (Wildman–Crippen LogP) is 3.68. The number of rotatable bonds is 4. The van der Waals surface area contributed by atoms with Gasteiger partial charge in [-0.3, -0.25) is 4.79 Å². The number of hydrogen-bond donors (Lipinski definition) is 1. The van der Waals surface area contributed by atoms with E-state index in [1.54, 1.807) is 23.5 Å². The molecule has 0 saturated carbocycles. The highest BCUT2D eigenvalue weighted by Crippen LogP contribution is 2.22. The molecule has 2 aromatic heterocycles. The molecular formula is C13H13ClN2OS. The van der Waals surface area contributed by atoms with Crippen LogP contribution in [0, 0.1) is 0 Å². The van der Waals surface area contributed by atoms with Gasteiger partial charge >= 0.3 is 0 Å². The van der Waals surface area contributed by atoms with Gasteiger partial charge in [0.1, 0.15) is 5.15 Å². The molecule has 2 heterocycles. The van der Waals surface area contributed by atoms with Gasteiger partial charge in [0, 0.05) is 16.6 Å². The second-order valence-corrected chi connectivity index (χ2v) is 5.18. The Balaban J connectivity index is 2.11. The second-order valence-electron chi connectivity index (χ2n) is 3.82. The topological polar surface area (TPSA) is 42.0 Å². The Bertz CT molecular complexity index is 528. The zero-order valence-corrected chi connectivity index (χ0v) is 11.5. The number of nitrogens with zero attached hydrogens (tertiary/aromatic N) is 1. The Morgan fingerprint density at radius 2 is 2.39 bits per heavy atom. The molecule has 0 aliphatic heterocycles. The smallest absolute Gasteiger partial charge is 0.251 e. The van der Waals surface area contributed by atoms with Gasteiger partial charge in [-0.05, 0) is 30.0 Å². The number of carbonyl (C=O) groups is 1. The fourth-order valence-corrected chi connectivity index (χ4v) is 2.68. The fraction of sp³-hybridized carbons (Fsp3) is 0.231. The SMILES string of the molecule is CCC(NC(=O)c1ccnc(Cl)c1)c1cccs1. The average Bonchev–Trinajstić information content (AvgIpc) is 2.89. The van der Waals surface area contributed by atoms with E-state index in [9.17, 15) is 4.79 Å². The molecule has 0 spiro atoms. The summed E-state index contributed by atoms with van der Waals surface area (Å²) in [6, 6.07) is 7.28. The third kappa shape index (κ3) is 3.09. The number of aromatic nitrogens is 1. The van der Waals surface area contributed by atoms with Crippen LogP contribution in [0.5, 0.6) is 0 Å². The van der Waals surface area contributed by atoms with E-state index in [-0.39, 0.29) is 11.9 Å². The number of nitrogens with one attached hydrogen (secondary N) is 1. The fourth-order valence-electron chi connectivity index (χ4n) is 1.65. The number of amides is 1. The molecule has 1 unspecified atom stereocenters. The molecule has 1 atom stereocenters. The first-order valence-corrected chi connectivity index (χ1v) is 6.92. The van der Waals surface area contributed by atoms with Crippen LogP contribution in [0.4, 0.5) is 0 Å². The molecule has 5 heteroatoms. The molecule has 0 fully saturated rings. The maximum absolute atomic E-state index is 12.1. The van der Waals surface area contributed by atoms with Crippen molar-refractivity contribution in [2.24, 2.45) is 0 Å². The second kappa shape index (κ2) is 5.98. The molecule has 1 N–H and O–H groups in total. The number of thiophene rings is 1. The largest absolute Gasteiger partial charge is 0.344 e. The summed E-state index contributed by atoms with van der Waals surface area (Å²) in [5.41, 5.74) is 0.532. The summed E-state index contributed by atoms with van der Waals surface area (Å²) in [4.78, 5) is 17.1. The zero-order chi connectivity index (χ0) is 13.0. The van der Waals surface area contributed by atoms with Crippen molar-refractivity contribution in [2.45, 2.75) is 19.4 Å². The summed E-state index contributed by atoms with van der Waals surface area (Å²) in [6.07, 6.45) is 2.38. The van der Waals surface area contributed by atoms with Crippen LogP contribution in [0.1, 0.15) is 34.6 Å². The number of carbonyl (C=O) groups excluding carboxylic acids is 1. The van der Waals surface area contributed by atoms with Crippen molar-refractivity contribution in [1.29, 1.82) is 0 Å². The van der Waals surface area contributed by atoms with Crippen LogP contribution >= 0.6 is 22.9 Å². The third-order valence-corrected chi connectivity index (χ3v) is 3.78. The third-order valence-electron chi connectivity index (χ3n) is 2.59. The Hall–Kier alpha value is -1.39. The lowest BCUT2D eigenvalue weighted by Gasteiger charge is -2.15. The number of hydrogen-bond acceptors (Lipinski definition) is 3. The van der Waals surface area contributed by atoms with E-state index < -0.39 is 0 Å². The van der Waals surface area contributed by atoms with E-state index in [1.165, 1.54) is 6.20 Å². The van der Waals surface area contributed by atoms with Crippen molar-refractivity contribution >= 4 is 28.8 Å². The molecule has 0 aliphatic carbocycles. The van der Waals surface area contributed by atoms with Crippen molar-refractivity contribution in [3.8, 4) is 0 Å². The minimum Gasteiger partial charge on any atom is -0.344 e. The van der Waals surface area contributed by atoms with Crippen LogP contribution < -0.4 is 5.32 Å². The minimum absolute atomic E-state index is 0.0458. The van der Waals surface area contributed by atoms with Gasteiger partial charge in [0.2, 0.25) is 0 Å². The lowest BCUT2D eigenvalue weighted by Crippen LogP contribution is -2.27. The maximum atomic E-state index is 12.1. The Labute approximate surface area is 115 Å². The van der Waals surface area contributed by atoms with Crippen molar-refractivity contribution in [2.75, 3.05) is 0 Å². The summed E-state index contributed by atoms with van der Waals surface area (Å²) >= 11 is 7.41. The van der Waals surface area contributed by atoms with E-state index in [1.807, 2.05) is 24.4 Å². The number of halogens is 1. The molecule has 0 aliphatic rings. The highest BCUT2D eigenvalue weighted by Gasteiger charge is 2.15. The molecule has 1 amide bonds. The average molecular weight is 281 g/mol. The molecule has 2 rings (SSSR count). The molecule has 18 heavy (non-hydrogen) atoms. The normalized spacial score (nSPS) is 12.1. The van der Waals surface area contributed by atoms with Crippen LogP contribution in [0.25, 0.3) is 0 Å². The molecule has 0 aromatic carbocycles. The lowest BCUT2D eigenvalue weighted by atomic mass is 10.1. The maximum Gasteiger partial charge on any atom is 0.251 e. The highest BCUT2D eigenvalue weighted by atomic mass is 35.5. The van der Waals surface area contributed by atoms with E-state index >= 15 is 0 Å². The monoisotopic (exact) mass is 280 g/mol. The van der Waals surface area contributed by atoms with E-state index in [0.717, 1.165) is 11.3 Å². The van der Waals surface area contributed by atoms with Gasteiger partial charge in [0.15, 0.2) is 0 Å². The zero-order valence-electron chi connectivity index (χ0n) is 9.89. The molecule has 0 saturated heterocycles. The van der Waals surface area contributed by atoms with Gasteiger partial charge in [0.05, 0.1) is 6.04 Å². The molecule has 3 nitrogen and oxygen atoms in total. The highest BCUT2D eigenvalue weighted by molar-refractivity contribution is 7.10.